The first-order valence-corrected chi connectivity index (χ1v) is 6.12. The number of nitrogens with one attached hydrogen (secondary N) is 1. The van der Waals surface area contributed by atoms with Gasteiger partial charge < -0.3 is 10.4 Å². The molecule has 1 aromatic carbocycles. The number of hydrogen-bond acceptors (Lipinski definition) is 2. The first kappa shape index (κ1) is 13.7. The molecule has 1 aromatic rings. The Bertz CT molecular complexity index is 363. The Labute approximate surface area is 103 Å². The fourth-order valence-electron chi connectivity index (χ4n) is 1.78. The van der Waals surface area contributed by atoms with E-state index in [0.29, 0.717) is 13.0 Å². The number of carboxylic acid groups (broad SMARTS) is 1. The van der Waals surface area contributed by atoms with E-state index in [2.05, 4.69) is 36.5 Å². The molecule has 0 aliphatic carbocycles. The summed E-state index contributed by atoms with van der Waals surface area (Å²) in [5.41, 5.74) is 2.56. The van der Waals surface area contributed by atoms with Crippen molar-refractivity contribution in [2.45, 2.75) is 26.7 Å². The lowest BCUT2D eigenvalue weighted by Gasteiger charge is -2.11. The Morgan fingerprint density at radius 3 is 2.82 bits per heavy atom. The van der Waals surface area contributed by atoms with Gasteiger partial charge >= 0.3 is 5.97 Å². The second-order valence-corrected chi connectivity index (χ2v) is 4.39. The van der Waals surface area contributed by atoms with Crippen molar-refractivity contribution < 1.29 is 9.90 Å². The maximum atomic E-state index is 10.8. The van der Waals surface area contributed by atoms with E-state index in [4.69, 9.17) is 5.11 Å². The van der Waals surface area contributed by atoms with Crippen LogP contribution in [0.4, 0.5) is 0 Å². The number of rotatable bonds is 7. The molecule has 94 valence electrons. The summed E-state index contributed by atoms with van der Waals surface area (Å²) >= 11 is 0. The van der Waals surface area contributed by atoms with Gasteiger partial charge in [0, 0.05) is 6.54 Å². The molecular formula is C14H21NO2. The third-order valence-corrected chi connectivity index (χ3v) is 2.91. The highest BCUT2D eigenvalue weighted by Crippen LogP contribution is 2.04. The van der Waals surface area contributed by atoms with Gasteiger partial charge in [-0.3, -0.25) is 4.79 Å². The van der Waals surface area contributed by atoms with Crippen LogP contribution in [0.2, 0.25) is 0 Å². The summed E-state index contributed by atoms with van der Waals surface area (Å²) in [6, 6.07) is 8.39. The van der Waals surface area contributed by atoms with Crippen molar-refractivity contribution >= 4 is 5.97 Å². The highest BCUT2D eigenvalue weighted by atomic mass is 16.4. The molecule has 0 bridgehead atoms. The highest BCUT2D eigenvalue weighted by molar-refractivity contribution is 5.70. The Kier molecular flexibility index (Phi) is 5.70. The van der Waals surface area contributed by atoms with E-state index in [1.54, 1.807) is 0 Å². The number of hydrogen-bond donors (Lipinski definition) is 2. The molecule has 2 N–H and O–H groups in total. The summed E-state index contributed by atoms with van der Waals surface area (Å²) in [7, 11) is 0. The Balaban J connectivity index is 2.26. The molecule has 0 radical (unpaired) electrons. The average Bonchev–Trinajstić information content (AvgIpc) is 2.28. The van der Waals surface area contributed by atoms with Crippen LogP contribution in [0, 0.1) is 12.8 Å². The number of aliphatic carboxylic acids is 1. The topological polar surface area (TPSA) is 49.3 Å². The van der Waals surface area contributed by atoms with Gasteiger partial charge in [0.2, 0.25) is 0 Å². The molecule has 0 saturated carbocycles. The van der Waals surface area contributed by atoms with Gasteiger partial charge in [-0.2, -0.15) is 0 Å². The second-order valence-electron chi connectivity index (χ2n) is 4.39. The third-order valence-electron chi connectivity index (χ3n) is 2.91. The van der Waals surface area contributed by atoms with Crippen LogP contribution < -0.4 is 5.32 Å². The Morgan fingerprint density at radius 1 is 1.47 bits per heavy atom. The maximum absolute atomic E-state index is 10.8. The minimum absolute atomic E-state index is 0.271. The van der Waals surface area contributed by atoms with E-state index in [0.717, 1.165) is 13.0 Å². The summed E-state index contributed by atoms with van der Waals surface area (Å²) < 4.78 is 0. The monoisotopic (exact) mass is 235 g/mol. The number of benzene rings is 1. The standard InChI is InChI=1S/C14H21NO2/c1-3-13(14(16)17)10-15-8-7-12-6-4-5-11(2)9-12/h4-6,9,13,15H,3,7-8,10H2,1-2H3,(H,16,17). The van der Waals surface area contributed by atoms with Gasteiger partial charge in [-0.25, -0.2) is 0 Å². The molecule has 0 heterocycles. The highest BCUT2D eigenvalue weighted by Gasteiger charge is 2.13. The molecule has 1 unspecified atom stereocenters. The van der Waals surface area contributed by atoms with Crippen LogP contribution in [-0.2, 0) is 11.2 Å². The van der Waals surface area contributed by atoms with E-state index >= 15 is 0 Å². The van der Waals surface area contributed by atoms with E-state index in [-0.39, 0.29) is 5.92 Å². The van der Waals surface area contributed by atoms with Gasteiger partial charge in [-0.05, 0) is 31.9 Å². The summed E-state index contributed by atoms with van der Waals surface area (Å²) in [6.07, 6.45) is 1.62. The predicted molar refractivity (Wildman–Crippen MR) is 69.2 cm³/mol. The Hall–Kier alpha value is -1.35. The van der Waals surface area contributed by atoms with Gasteiger partial charge in [0.05, 0.1) is 5.92 Å². The van der Waals surface area contributed by atoms with Crippen LogP contribution in [0.15, 0.2) is 24.3 Å². The van der Waals surface area contributed by atoms with Crippen molar-refractivity contribution in [2.24, 2.45) is 5.92 Å². The van der Waals surface area contributed by atoms with Gasteiger partial charge in [0.15, 0.2) is 0 Å². The van der Waals surface area contributed by atoms with Crippen LogP contribution in [0.25, 0.3) is 0 Å². The Morgan fingerprint density at radius 2 is 2.24 bits per heavy atom. The summed E-state index contributed by atoms with van der Waals surface area (Å²) in [5.74, 6) is -0.983. The fraction of sp³-hybridized carbons (Fsp3) is 0.500. The smallest absolute Gasteiger partial charge is 0.307 e. The number of carboxylic acids is 1. The van der Waals surface area contributed by atoms with Crippen LogP contribution >= 0.6 is 0 Å². The summed E-state index contributed by atoms with van der Waals surface area (Å²) in [4.78, 5) is 10.8. The molecule has 3 heteroatoms. The van der Waals surface area contributed by atoms with E-state index in [1.807, 2.05) is 6.92 Å². The molecule has 1 rings (SSSR count). The van der Waals surface area contributed by atoms with Crippen LogP contribution in [0.5, 0.6) is 0 Å². The quantitative estimate of drug-likeness (QED) is 0.713. The summed E-state index contributed by atoms with van der Waals surface area (Å²) in [5, 5.41) is 12.1. The molecule has 0 aliphatic rings. The molecule has 1 atom stereocenters. The van der Waals surface area contributed by atoms with Crippen molar-refractivity contribution in [3.05, 3.63) is 35.4 Å². The van der Waals surface area contributed by atoms with Crippen LogP contribution in [-0.4, -0.2) is 24.2 Å². The molecule has 17 heavy (non-hydrogen) atoms. The maximum Gasteiger partial charge on any atom is 0.307 e. The number of aryl methyl sites for hydroxylation is 1. The molecular weight excluding hydrogens is 214 g/mol. The molecule has 0 aromatic heterocycles. The molecule has 0 aliphatic heterocycles. The lowest BCUT2D eigenvalue weighted by atomic mass is 10.1. The predicted octanol–water partition coefficient (Wildman–Crippen LogP) is 2.24. The molecule has 0 saturated heterocycles. The van der Waals surface area contributed by atoms with Crippen molar-refractivity contribution in [3.8, 4) is 0 Å². The second kappa shape index (κ2) is 7.07. The summed E-state index contributed by atoms with van der Waals surface area (Å²) in [6.45, 7) is 5.36. The molecule has 0 spiro atoms. The minimum atomic E-state index is -0.712. The third kappa shape index (κ3) is 5.00. The van der Waals surface area contributed by atoms with Crippen LogP contribution in [0.3, 0.4) is 0 Å². The zero-order chi connectivity index (χ0) is 12.7. The van der Waals surface area contributed by atoms with E-state index in [1.165, 1.54) is 11.1 Å². The molecule has 3 nitrogen and oxygen atoms in total. The van der Waals surface area contributed by atoms with Gasteiger partial charge in [-0.1, -0.05) is 36.8 Å². The first-order valence-electron chi connectivity index (χ1n) is 6.12. The fourth-order valence-corrected chi connectivity index (χ4v) is 1.78. The van der Waals surface area contributed by atoms with Crippen molar-refractivity contribution in [1.82, 2.24) is 5.32 Å². The molecule has 0 amide bonds. The molecule has 0 fully saturated rings. The largest absolute Gasteiger partial charge is 0.481 e. The van der Waals surface area contributed by atoms with Crippen molar-refractivity contribution in [1.29, 1.82) is 0 Å². The normalized spacial score (nSPS) is 12.4. The SMILES string of the molecule is CCC(CNCCc1cccc(C)c1)C(=O)O. The van der Waals surface area contributed by atoms with E-state index < -0.39 is 5.97 Å². The first-order chi connectivity index (χ1) is 8.13. The minimum Gasteiger partial charge on any atom is -0.481 e. The van der Waals surface area contributed by atoms with Crippen molar-refractivity contribution in [2.75, 3.05) is 13.1 Å². The zero-order valence-electron chi connectivity index (χ0n) is 10.6. The van der Waals surface area contributed by atoms with Crippen molar-refractivity contribution in [3.63, 3.8) is 0 Å². The van der Waals surface area contributed by atoms with Gasteiger partial charge in [0.25, 0.3) is 0 Å². The van der Waals surface area contributed by atoms with Gasteiger partial charge in [-0.15, -0.1) is 0 Å². The lowest BCUT2D eigenvalue weighted by molar-refractivity contribution is -0.141. The lowest BCUT2D eigenvalue weighted by Crippen LogP contribution is -2.29. The number of carbonyl (C=O) groups is 1. The van der Waals surface area contributed by atoms with Gasteiger partial charge in [0.1, 0.15) is 0 Å². The zero-order valence-corrected chi connectivity index (χ0v) is 10.6. The average molecular weight is 235 g/mol. The van der Waals surface area contributed by atoms with Crippen LogP contribution in [0.1, 0.15) is 24.5 Å². The van der Waals surface area contributed by atoms with E-state index in [9.17, 15) is 4.79 Å².